The molecule has 0 amide bonds. The fourth-order valence-corrected chi connectivity index (χ4v) is 7.58. The molecule has 59 heavy (non-hydrogen) atoms. The number of hydrogen-bond acceptors (Lipinski definition) is 10. The van der Waals surface area contributed by atoms with Gasteiger partial charge in [0.05, 0.1) is 21.2 Å². The molecule has 0 aliphatic carbocycles. The lowest BCUT2D eigenvalue weighted by Crippen LogP contribution is -2.35. The number of phosphoric ester groups is 1. The lowest BCUT2D eigenvalue weighted by molar-refractivity contribution is -0.161. The Bertz CT molecular complexity index is 1090. The van der Waals surface area contributed by atoms with E-state index in [9.17, 15) is 29.3 Å². The van der Waals surface area contributed by atoms with Gasteiger partial charge in [-0.15, -0.1) is 0 Å². The SMILES string of the molecule is [2H]C(OC(=O)CCCCCCCCCCCCCCCCC)[C@H](COP(=O)(O)O[C@H](CO)[C@H](O)CO)OC(=O)CCCCCCCC/C=C\CCCC/C=C\CCCCC. The average molecular weight is 862 g/mol. The fraction of sp³-hybridized carbons (Fsp3) is 0.872. The van der Waals surface area contributed by atoms with Gasteiger partial charge in [-0.2, -0.15) is 0 Å². The van der Waals surface area contributed by atoms with E-state index in [1.165, 1.54) is 116 Å². The van der Waals surface area contributed by atoms with Crippen LogP contribution in [0.2, 0.25) is 0 Å². The molecule has 0 aromatic rings. The molecule has 11 nitrogen and oxygen atoms in total. The van der Waals surface area contributed by atoms with Crippen molar-refractivity contribution in [2.45, 2.75) is 238 Å². The summed E-state index contributed by atoms with van der Waals surface area (Å²) in [7, 11) is -4.96. The molecule has 12 heteroatoms. The molecule has 0 aliphatic heterocycles. The summed E-state index contributed by atoms with van der Waals surface area (Å²) in [6.07, 6.45) is 38.9. The predicted octanol–water partition coefficient (Wildman–Crippen LogP) is 11.9. The van der Waals surface area contributed by atoms with Gasteiger partial charge in [-0.05, 0) is 64.2 Å². The maximum absolute atomic E-state index is 12.8. The highest BCUT2D eigenvalue weighted by atomic mass is 31.2. The van der Waals surface area contributed by atoms with Gasteiger partial charge in [0.25, 0.3) is 0 Å². The van der Waals surface area contributed by atoms with Crippen molar-refractivity contribution in [1.82, 2.24) is 0 Å². The molecule has 0 heterocycles. The Morgan fingerprint density at radius 3 is 1.39 bits per heavy atom. The van der Waals surface area contributed by atoms with E-state index >= 15 is 0 Å². The Morgan fingerprint density at radius 1 is 0.576 bits per heavy atom. The van der Waals surface area contributed by atoms with E-state index in [2.05, 4.69) is 38.2 Å². The summed E-state index contributed by atoms with van der Waals surface area (Å²) in [5.41, 5.74) is 0. The molecule has 4 N–H and O–H groups in total. The Hall–Kier alpha value is -1.59. The topological polar surface area (TPSA) is 169 Å². The fourth-order valence-electron chi connectivity index (χ4n) is 6.64. The van der Waals surface area contributed by atoms with Crippen LogP contribution in [0.25, 0.3) is 0 Å². The van der Waals surface area contributed by atoms with E-state index in [0.29, 0.717) is 12.8 Å². The summed E-state index contributed by atoms with van der Waals surface area (Å²) in [6, 6.07) is 0. The third-order valence-corrected chi connectivity index (χ3v) is 11.4. The van der Waals surface area contributed by atoms with Crippen molar-refractivity contribution in [3.8, 4) is 0 Å². The Balaban J connectivity index is 4.53. The van der Waals surface area contributed by atoms with E-state index in [1.54, 1.807) is 0 Å². The Labute approximate surface area is 361 Å². The van der Waals surface area contributed by atoms with Crippen molar-refractivity contribution in [3.05, 3.63) is 24.3 Å². The van der Waals surface area contributed by atoms with Gasteiger partial charge < -0.3 is 29.7 Å². The summed E-state index contributed by atoms with van der Waals surface area (Å²) in [4.78, 5) is 35.5. The van der Waals surface area contributed by atoms with Gasteiger partial charge in [-0.3, -0.25) is 18.6 Å². The van der Waals surface area contributed by atoms with Gasteiger partial charge in [-0.25, -0.2) is 4.57 Å². The number of aliphatic hydroxyl groups is 3. The number of hydrogen-bond donors (Lipinski definition) is 4. The third kappa shape index (κ3) is 40.3. The lowest BCUT2D eigenvalue weighted by atomic mass is 10.0. The number of rotatable bonds is 45. The average Bonchev–Trinajstić information content (AvgIpc) is 3.23. The number of aliphatic hydroxyl groups excluding tert-OH is 3. The maximum Gasteiger partial charge on any atom is 0.472 e. The smallest absolute Gasteiger partial charge is 0.462 e. The first-order valence-electron chi connectivity index (χ1n) is 24.3. The summed E-state index contributed by atoms with van der Waals surface area (Å²) in [5.74, 6) is -1.31. The third-order valence-electron chi connectivity index (χ3n) is 10.4. The van der Waals surface area contributed by atoms with Crippen LogP contribution in [-0.2, 0) is 32.7 Å². The summed E-state index contributed by atoms with van der Waals surface area (Å²) in [6.45, 7) is 0.190. The van der Waals surface area contributed by atoms with E-state index in [-0.39, 0.29) is 12.8 Å². The van der Waals surface area contributed by atoms with Gasteiger partial charge in [0.1, 0.15) is 18.8 Å². The number of esters is 2. The maximum atomic E-state index is 12.8. The molecule has 348 valence electrons. The highest BCUT2D eigenvalue weighted by molar-refractivity contribution is 7.47. The van der Waals surface area contributed by atoms with Crippen molar-refractivity contribution in [3.63, 3.8) is 0 Å². The Kier molecular flexibility index (Phi) is 40.5. The largest absolute Gasteiger partial charge is 0.472 e. The van der Waals surface area contributed by atoms with Crippen LogP contribution in [0.1, 0.15) is 221 Å². The second-order valence-corrected chi connectivity index (χ2v) is 17.5. The van der Waals surface area contributed by atoms with Crippen LogP contribution in [-0.4, -0.2) is 76.9 Å². The molecule has 2 unspecified atom stereocenters. The van der Waals surface area contributed by atoms with Crippen LogP contribution in [0, 0.1) is 0 Å². The van der Waals surface area contributed by atoms with Crippen LogP contribution < -0.4 is 0 Å². The Morgan fingerprint density at radius 2 is 0.949 bits per heavy atom. The molecule has 0 aromatic heterocycles. The van der Waals surface area contributed by atoms with Crippen LogP contribution in [0.3, 0.4) is 0 Å². The zero-order valence-corrected chi connectivity index (χ0v) is 38.4. The van der Waals surface area contributed by atoms with Gasteiger partial charge in [0.2, 0.25) is 0 Å². The van der Waals surface area contributed by atoms with Crippen molar-refractivity contribution >= 4 is 19.8 Å². The zero-order chi connectivity index (χ0) is 44.4. The second-order valence-electron chi connectivity index (χ2n) is 16.1. The molecule has 0 aromatic carbocycles. The first-order valence-corrected chi connectivity index (χ1v) is 25.3. The van der Waals surface area contributed by atoms with E-state index in [0.717, 1.165) is 64.2 Å². The number of unbranched alkanes of at least 4 members (excludes halogenated alkanes) is 26. The second kappa shape index (κ2) is 43.1. The molecule has 0 saturated heterocycles. The molecular weight excluding hydrogens is 771 g/mol. The number of phosphoric acid groups is 1. The quantitative estimate of drug-likeness (QED) is 0.0199. The van der Waals surface area contributed by atoms with Crippen LogP contribution in [0.5, 0.6) is 0 Å². The van der Waals surface area contributed by atoms with Crippen molar-refractivity contribution in [1.29, 1.82) is 0 Å². The standard InChI is InChI=1S/C47H89O11P/c1-3-5-7-9-11-13-15-17-19-20-21-22-24-26-28-30-32-34-36-38-47(52)57-43(42-56-59(53,54)58-45(40-49)44(50)39-48)41-55-46(51)37-35-33-31-29-27-25-23-18-16-14-12-10-8-6-4-2/h11,13,21-22,43-45,48-50H,3-10,12,14-20,23-42H2,1-2H3,(H,53,54)/b13-11-,22-21-/t43-,44-,45-/m1/s1/i41D/t41?,43-,44-,45-. The number of carbonyl (C=O) groups excluding carboxylic acids is 2. The first-order chi connectivity index (χ1) is 29.1. The van der Waals surface area contributed by atoms with Gasteiger partial charge in [0, 0.05) is 12.8 Å². The highest BCUT2D eigenvalue weighted by Gasteiger charge is 2.32. The molecule has 0 radical (unpaired) electrons. The zero-order valence-electron chi connectivity index (χ0n) is 38.5. The van der Waals surface area contributed by atoms with Crippen molar-refractivity contribution in [2.75, 3.05) is 26.4 Å². The lowest BCUT2D eigenvalue weighted by Gasteiger charge is -2.24. The normalized spacial score (nSPS) is 15.3. The molecule has 0 rings (SSSR count). The number of ether oxygens (including phenoxy) is 2. The van der Waals surface area contributed by atoms with Crippen molar-refractivity contribution < 1.29 is 54.3 Å². The molecular formula is C47H89O11P. The van der Waals surface area contributed by atoms with Gasteiger partial charge >= 0.3 is 19.8 Å². The van der Waals surface area contributed by atoms with Crippen LogP contribution >= 0.6 is 7.82 Å². The van der Waals surface area contributed by atoms with E-state index < -0.39 is 64.5 Å². The van der Waals surface area contributed by atoms with Gasteiger partial charge in [0.15, 0.2) is 6.10 Å². The molecule has 5 atom stereocenters. The molecule has 0 spiro atoms. The van der Waals surface area contributed by atoms with E-state index in [4.69, 9.17) is 25.0 Å². The molecule has 0 saturated carbocycles. The summed E-state index contributed by atoms with van der Waals surface area (Å²) in [5, 5.41) is 28.3. The summed E-state index contributed by atoms with van der Waals surface area (Å²) >= 11 is 0. The van der Waals surface area contributed by atoms with Crippen molar-refractivity contribution in [2.24, 2.45) is 0 Å². The van der Waals surface area contributed by atoms with E-state index in [1.807, 2.05) is 0 Å². The molecule has 0 fully saturated rings. The number of carbonyl (C=O) groups is 2. The monoisotopic (exact) mass is 862 g/mol. The van der Waals surface area contributed by atoms with Gasteiger partial charge in [-0.1, -0.05) is 167 Å². The molecule has 0 aliphatic rings. The molecule has 0 bridgehead atoms. The number of allylic oxidation sites excluding steroid dienone is 4. The van der Waals surface area contributed by atoms with Crippen LogP contribution in [0.4, 0.5) is 0 Å². The van der Waals surface area contributed by atoms with Crippen LogP contribution in [0.15, 0.2) is 24.3 Å². The highest BCUT2D eigenvalue weighted by Crippen LogP contribution is 2.45. The minimum Gasteiger partial charge on any atom is -0.462 e. The summed E-state index contributed by atoms with van der Waals surface area (Å²) < 4.78 is 41.3. The first kappa shape index (κ1) is 55.4. The minimum absolute atomic E-state index is 0.0518. The predicted molar refractivity (Wildman–Crippen MR) is 239 cm³/mol. The minimum atomic E-state index is -4.96.